The highest BCUT2D eigenvalue weighted by Crippen LogP contribution is 2.31. The van der Waals surface area contributed by atoms with E-state index in [0.29, 0.717) is 25.9 Å². The highest BCUT2D eigenvalue weighted by Gasteiger charge is 2.45. The molecule has 2 aromatic heterocycles. The second-order valence-corrected chi connectivity index (χ2v) is 12.1. The molecule has 7 rings (SSSR count). The van der Waals surface area contributed by atoms with Gasteiger partial charge in [-0.2, -0.15) is 10.2 Å². The number of aliphatic hydroxyl groups excluding tert-OH is 1. The third-order valence-electron chi connectivity index (χ3n) is 9.00. The first kappa shape index (κ1) is 30.2. The summed E-state index contributed by atoms with van der Waals surface area (Å²) in [7, 11) is 0. The van der Waals surface area contributed by atoms with Crippen LogP contribution in [0.1, 0.15) is 28.7 Å². The Hall–Kier alpha value is -5.47. The van der Waals surface area contributed by atoms with Crippen molar-refractivity contribution in [3.63, 3.8) is 0 Å². The fraction of sp³-hybridized carbons (Fsp3) is 0.205. The Balaban J connectivity index is 1.24. The maximum absolute atomic E-state index is 14.8. The number of urea groups is 1. The normalized spacial score (nSPS) is 18.1. The zero-order chi connectivity index (χ0) is 32.0. The van der Waals surface area contributed by atoms with Crippen LogP contribution >= 0.6 is 0 Å². The lowest BCUT2D eigenvalue weighted by Crippen LogP contribution is -2.66. The minimum absolute atomic E-state index is 0.0803. The van der Waals surface area contributed by atoms with Crippen molar-refractivity contribution in [1.29, 1.82) is 0 Å². The van der Waals surface area contributed by atoms with Gasteiger partial charge in [0.1, 0.15) is 0 Å². The number of hydrogen-bond acceptors (Lipinski definition) is 4. The van der Waals surface area contributed by atoms with Gasteiger partial charge < -0.3 is 14.9 Å². The van der Waals surface area contributed by atoms with E-state index in [1.807, 2.05) is 116 Å². The fourth-order valence-electron chi connectivity index (χ4n) is 6.65. The maximum atomic E-state index is 14.8. The smallest absolute Gasteiger partial charge is 0.321 e. The SMILES string of the molecule is O=C1N(Cc2cccc(-n3cccn3)c2)C(CCc2ccccc2)C(O)C(Cc2ccccc2)N1Cc1cccc(-n2cccn2)c1. The molecule has 1 fully saturated rings. The molecule has 4 aromatic carbocycles. The molecule has 1 saturated heterocycles. The van der Waals surface area contributed by atoms with E-state index in [-0.39, 0.29) is 12.1 Å². The molecular formula is C39H38N6O2. The van der Waals surface area contributed by atoms with Crippen molar-refractivity contribution in [2.75, 3.05) is 0 Å². The summed E-state index contributed by atoms with van der Waals surface area (Å²) in [5.41, 5.74) is 6.06. The second-order valence-electron chi connectivity index (χ2n) is 12.1. The number of aryl methyl sites for hydroxylation is 1. The predicted molar refractivity (Wildman–Crippen MR) is 182 cm³/mol. The molecule has 1 aliphatic rings. The van der Waals surface area contributed by atoms with Gasteiger partial charge in [-0.1, -0.05) is 84.9 Å². The monoisotopic (exact) mass is 622 g/mol. The van der Waals surface area contributed by atoms with Crippen LogP contribution in [0.4, 0.5) is 4.79 Å². The zero-order valence-corrected chi connectivity index (χ0v) is 26.2. The number of amides is 2. The molecule has 3 heterocycles. The van der Waals surface area contributed by atoms with Crippen LogP contribution in [0.2, 0.25) is 0 Å². The van der Waals surface area contributed by atoms with Gasteiger partial charge in [-0.3, -0.25) is 0 Å². The molecule has 6 aromatic rings. The second kappa shape index (κ2) is 13.9. The van der Waals surface area contributed by atoms with E-state index in [4.69, 9.17) is 0 Å². The van der Waals surface area contributed by atoms with Crippen molar-refractivity contribution in [1.82, 2.24) is 29.4 Å². The molecule has 1 N–H and O–H groups in total. The predicted octanol–water partition coefficient (Wildman–Crippen LogP) is 6.47. The van der Waals surface area contributed by atoms with Crippen molar-refractivity contribution in [2.45, 2.75) is 50.5 Å². The van der Waals surface area contributed by atoms with Crippen molar-refractivity contribution in [3.8, 4) is 11.4 Å². The molecule has 47 heavy (non-hydrogen) atoms. The highest BCUT2D eigenvalue weighted by molar-refractivity contribution is 5.77. The summed E-state index contributed by atoms with van der Waals surface area (Å²) in [4.78, 5) is 18.6. The lowest BCUT2D eigenvalue weighted by atomic mass is 9.88. The third-order valence-corrected chi connectivity index (χ3v) is 9.00. The van der Waals surface area contributed by atoms with Gasteiger partial charge >= 0.3 is 6.03 Å². The summed E-state index contributed by atoms with van der Waals surface area (Å²) < 4.78 is 3.63. The lowest BCUT2D eigenvalue weighted by Gasteiger charge is -2.49. The van der Waals surface area contributed by atoms with Gasteiger partial charge in [-0.05, 0) is 77.9 Å². The molecule has 8 heteroatoms. The zero-order valence-electron chi connectivity index (χ0n) is 26.2. The largest absolute Gasteiger partial charge is 0.389 e. The molecule has 0 aliphatic carbocycles. The number of rotatable bonds is 11. The van der Waals surface area contributed by atoms with Crippen LogP contribution < -0.4 is 0 Å². The Bertz CT molecular complexity index is 1880. The van der Waals surface area contributed by atoms with Crippen molar-refractivity contribution in [3.05, 3.63) is 168 Å². The van der Waals surface area contributed by atoms with E-state index in [1.54, 1.807) is 12.4 Å². The van der Waals surface area contributed by atoms with Crippen LogP contribution in [0, 0.1) is 0 Å². The molecule has 3 atom stereocenters. The van der Waals surface area contributed by atoms with Crippen LogP contribution in [0.3, 0.4) is 0 Å². The molecule has 236 valence electrons. The minimum Gasteiger partial charge on any atom is -0.389 e. The van der Waals surface area contributed by atoms with E-state index >= 15 is 0 Å². The van der Waals surface area contributed by atoms with Crippen molar-refractivity contribution in [2.24, 2.45) is 0 Å². The van der Waals surface area contributed by atoms with Crippen molar-refractivity contribution >= 4 is 6.03 Å². The summed E-state index contributed by atoms with van der Waals surface area (Å²) in [5.74, 6) is 0. The molecule has 0 radical (unpaired) electrons. The molecule has 3 unspecified atom stereocenters. The highest BCUT2D eigenvalue weighted by atomic mass is 16.3. The van der Waals surface area contributed by atoms with Gasteiger partial charge in [0.15, 0.2) is 0 Å². The Labute approximate surface area is 275 Å². The molecule has 0 bridgehead atoms. The van der Waals surface area contributed by atoms with Crippen LogP contribution in [-0.4, -0.2) is 58.7 Å². The number of hydrogen-bond donors (Lipinski definition) is 1. The molecule has 2 amide bonds. The van der Waals surface area contributed by atoms with Crippen LogP contribution in [-0.2, 0) is 25.9 Å². The van der Waals surface area contributed by atoms with E-state index < -0.39 is 12.1 Å². The Morgan fingerprint density at radius 3 is 1.62 bits per heavy atom. The molecule has 1 aliphatic heterocycles. The Morgan fingerprint density at radius 2 is 1.09 bits per heavy atom. The molecule has 0 saturated carbocycles. The summed E-state index contributed by atoms with van der Waals surface area (Å²) in [6.07, 6.45) is 8.49. The number of benzene rings is 4. The minimum atomic E-state index is -0.778. The standard InChI is InChI=1S/C39H38N6O2/c46-38-36(20-19-30-11-3-1-4-12-30)42(28-32-15-7-17-34(25-32)44-23-9-21-40-44)39(47)43(37(38)27-31-13-5-2-6-14-31)29-33-16-8-18-35(26-33)45-24-10-22-41-45/h1-18,21-26,36-38,46H,19-20,27-29H2. The third kappa shape index (κ3) is 6.88. The van der Waals surface area contributed by atoms with E-state index in [1.165, 1.54) is 5.56 Å². The quantitative estimate of drug-likeness (QED) is 0.180. The average Bonchev–Trinajstić information content (AvgIpc) is 3.86. The number of aromatic nitrogens is 4. The van der Waals surface area contributed by atoms with Gasteiger partial charge in [0.25, 0.3) is 0 Å². The van der Waals surface area contributed by atoms with Gasteiger partial charge in [0.05, 0.1) is 29.6 Å². The molecule has 8 nitrogen and oxygen atoms in total. The number of carbonyl (C=O) groups excluding carboxylic acids is 1. The van der Waals surface area contributed by atoms with Crippen LogP contribution in [0.5, 0.6) is 0 Å². The van der Waals surface area contributed by atoms with Crippen LogP contribution in [0.15, 0.2) is 146 Å². The van der Waals surface area contributed by atoms with Crippen molar-refractivity contribution < 1.29 is 9.90 Å². The summed E-state index contributed by atoms with van der Waals surface area (Å²) in [5, 5.41) is 21.1. The first-order chi connectivity index (χ1) is 23.1. The van der Waals surface area contributed by atoms with Gasteiger partial charge in [0, 0.05) is 37.9 Å². The molecular weight excluding hydrogens is 584 g/mol. The van der Waals surface area contributed by atoms with Crippen LogP contribution in [0.25, 0.3) is 11.4 Å². The Kier molecular flexibility index (Phi) is 8.92. The summed E-state index contributed by atoms with van der Waals surface area (Å²) in [6.45, 7) is 0.726. The average molecular weight is 623 g/mol. The summed E-state index contributed by atoms with van der Waals surface area (Å²) >= 11 is 0. The fourth-order valence-corrected chi connectivity index (χ4v) is 6.65. The summed E-state index contributed by atoms with van der Waals surface area (Å²) in [6, 6.07) is 39.5. The van der Waals surface area contributed by atoms with Gasteiger partial charge in [0.2, 0.25) is 0 Å². The topological polar surface area (TPSA) is 79.4 Å². The maximum Gasteiger partial charge on any atom is 0.321 e. The van der Waals surface area contributed by atoms with E-state index in [0.717, 1.165) is 34.5 Å². The van der Waals surface area contributed by atoms with Gasteiger partial charge in [-0.15, -0.1) is 0 Å². The van der Waals surface area contributed by atoms with E-state index in [2.05, 4.69) is 46.6 Å². The molecule has 0 spiro atoms. The first-order valence-electron chi connectivity index (χ1n) is 16.1. The Morgan fingerprint density at radius 1 is 0.574 bits per heavy atom. The lowest BCUT2D eigenvalue weighted by molar-refractivity contribution is -0.0453. The first-order valence-corrected chi connectivity index (χ1v) is 16.1. The number of carbonyl (C=O) groups is 1. The van der Waals surface area contributed by atoms with E-state index in [9.17, 15) is 9.90 Å². The van der Waals surface area contributed by atoms with Gasteiger partial charge in [-0.25, -0.2) is 14.2 Å². The number of aliphatic hydroxyl groups is 1. The number of nitrogens with zero attached hydrogens (tertiary/aromatic N) is 6.